The molecular weight excluding hydrogens is 396 g/mol. The monoisotopic (exact) mass is 428 g/mol. The van der Waals surface area contributed by atoms with Gasteiger partial charge in [-0.1, -0.05) is 31.4 Å². The summed E-state index contributed by atoms with van der Waals surface area (Å²) in [7, 11) is 0. The molecule has 0 aromatic heterocycles. The summed E-state index contributed by atoms with van der Waals surface area (Å²) in [6.07, 6.45) is 12.5. The number of ether oxygens (including phenoxy) is 2. The molecule has 5 rings (SSSR count). The van der Waals surface area contributed by atoms with E-state index < -0.39 is 0 Å². The Labute approximate surface area is 184 Å². The average Bonchev–Trinajstić information content (AvgIpc) is 2.73. The third-order valence-electron chi connectivity index (χ3n) is 5.96. The topological polar surface area (TPSA) is 18.5 Å². The van der Waals surface area contributed by atoms with Crippen LogP contribution in [0.15, 0.2) is 36.4 Å². The highest BCUT2D eigenvalue weighted by Gasteiger charge is 2.21. The van der Waals surface area contributed by atoms with Gasteiger partial charge in [0.1, 0.15) is 11.5 Å². The predicted octanol–water partition coefficient (Wildman–Crippen LogP) is 7.02. The third kappa shape index (κ3) is 5.46. The van der Waals surface area contributed by atoms with Crippen molar-refractivity contribution in [3.8, 4) is 11.5 Å². The van der Waals surface area contributed by atoms with Crippen molar-refractivity contribution in [1.82, 2.24) is 0 Å². The van der Waals surface area contributed by atoms with E-state index >= 15 is 0 Å². The van der Waals surface area contributed by atoms with Gasteiger partial charge >= 0.3 is 0 Å². The van der Waals surface area contributed by atoms with Crippen LogP contribution in [0.3, 0.4) is 0 Å². The van der Waals surface area contributed by atoms with Gasteiger partial charge in [-0.25, -0.2) is 0 Å². The number of thioether (sulfide) groups is 2. The lowest BCUT2D eigenvalue weighted by molar-refractivity contribution is 0.293. The minimum absolute atomic E-state index is 0.432. The molecule has 0 fully saturated rings. The molecule has 2 aromatic carbocycles. The van der Waals surface area contributed by atoms with Crippen LogP contribution < -0.4 is 9.47 Å². The van der Waals surface area contributed by atoms with E-state index in [0.717, 1.165) is 50.4 Å². The first-order valence-electron chi connectivity index (χ1n) is 10.8. The zero-order valence-electron chi connectivity index (χ0n) is 17.6. The van der Waals surface area contributed by atoms with Crippen LogP contribution in [0, 0.1) is 0 Å². The van der Waals surface area contributed by atoms with Crippen molar-refractivity contribution in [2.24, 2.45) is 0 Å². The van der Waals surface area contributed by atoms with E-state index in [1.54, 1.807) is 0 Å². The van der Waals surface area contributed by atoms with Crippen LogP contribution in [-0.2, 0) is 12.8 Å². The molecule has 1 aliphatic carbocycles. The number of hydrogen-bond acceptors (Lipinski definition) is 4. The van der Waals surface area contributed by atoms with E-state index in [4.69, 9.17) is 9.47 Å². The molecule has 2 aromatic rings. The zero-order chi connectivity index (χ0) is 20.1. The maximum Gasteiger partial charge on any atom is 0.119 e. The molecule has 0 radical (unpaired) electrons. The van der Waals surface area contributed by atoms with Crippen LogP contribution in [0.2, 0.25) is 0 Å². The highest BCUT2D eigenvalue weighted by atomic mass is 32.2. The highest BCUT2D eigenvalue weighted by Crippen LogP contribution is 2.40. The molecule has 0 amide bonds. The first-order chi connectivity index (χ1) is 14.2. The minimum Gasteiger partial charge on any atom is -0.494 e. The molecule has 2 unspecified atom stereocenters. The molecule has 0 saturated carbocycles. The minimum atomic E-state index is 0.432. The van der Waals surface area contributed by atoms with E-state index in [1.807, 2.05) is 23.5 Å². The summed E-state index contributed by atoms with van der Waals surface area (Å²) in [5, 5.41) is 0.865. The van der Waals surface area contributed by atoms with Gasteiger partial charge in [0.2, 0.25) is 0 Å². The molecule has 0 saturated heterocycles. The van der Waals surface area contributed by atoms with Crippen LogP contribution in [0.25, 0.3) is 0 Å². The second kappa shape index (κ2) is 10.2. The Morgan fingerprint density at radius 1 is 0.621 bits per heavy atom. The molecule has 29 heavy (non-hydrogen) atoms. The van der Waals surface area contributed by atoms with Crippen molar-refractivity contribution < 1.29 is 9.47 Å². The Bertz CT molecular complexity index is 753. The van der Waals surface area contributed by atoms with Gasteiger partial charge in [0, 0.05) is 10.5 Å². The number of fused-ring (bicyclic) bond motifs is 10. The van der Waals surface area contributed by atoms with E-state index in [0.29, 0.717) is 10.5 Å². The normalized spacial score (nSPS) is 22.4. The number of rotatable bonds is 2. The van der Waals surface area contributed by atoms with Crippen LogP contribution in [0.4, 0.5) is 0 Å². The lowest BCUT2D eigenvalue weighted by Crippen LogP contribution is -2.08. The second-order valence-electron chi connectivity index (χ2n) is 8.14. The summed E-state index contributed by atoms with van der Waals surface area (Å²) in [5.74, 6) is 2.10. The summed E-state index contributed by atoms with van der Waals surface area (Å²) < 4.78 is 12.4. The summed E-state index contributed by atoms with van der Waals surface area (Å²) in [5.41, 5.74) is 5.55. The van der Waals surface area contributed by atoms with Gasteiger partial charge < -0.3 is 9.47 Å². The lowest BCUT2D eigenvalue weighted by Gasteiger charge is -2.24. The molecule has 156 valence electrons. The Morgan fingerprint density at radius 2 is 1.07 bits per heavy atom. The van der Waals surface area contributed by atoms with Crippen molar-refractivity contribution in [3.63, 3.8) is 0 Å². The molecule has 2 heterocycles. The third-order valence-corrected chi connectivity index (χ3v) is 7.97. The van der Waals surface area contributed by atoms with Crippen molar-refractivity contribution in [2.45, 2.75) is 55.4 Å². The highest BCUT2D eigenvalue weighted by molar-refractivity contribution is 7.99. The van der Waals surface area contributed by atoms with Crippen LogP contribution in [0.5, 0.6) is 11.5 Å². The molecule has 2 nitrogen and oxygen atoms in total. The summed E-state index contributed by atoms with van der Waals surface area (Å²) in [4.78, 5) is 0. The Morgan fingerprint density at radius 3 is 1.52 bits per heavy atom. The quantitative estimate of drug-likeness (QED) is 0.511. The maximum absolute atomic E-state index is 6.22. The van der Waals surface area contributed by atoms with Crippen molar-refractivity contribution in [3.05, 3.63) is 58.7 Å². The summed E-state index contributed by atoms with van der Waals surface area (Å²) in [6.45, 7) is 1.63. The average molecular weight is 429 g/mol. The van der Waals surface area contributed by atoms with Gasteiger partial charge in [0.05, 0.1) is 13.2 Å². The van der Waals surface area contributed by atoms with Crippen molar-refractivity contribution in [1.29, 1.82) is 0 Å². The van der Waals surface area contributed by atoms with Gasteiger partial charge in [-0.2, -0.15) is 23.5 Å². The number of hydrogen-bond donors (Lipinski definition) is 0. The first-order valence-corrected chi connectivity index (χ1v) is 13.4. The van der Waals surface area contributed by atoms with Gasteiger partial charge in [-0.15, -0.1) is 0 Å². The van der Waals surface area contributed by atoms with Crippen LogP contribution in [-0.4, -0.2) is 25.7 Å². The van der Waals surface area contributed by atoms with E-state index in [1.165, 1.54) is 41.5 Å². The summed E-state index contributed by atoms with van der Waals surface area (Å²) >= 11 is 3.86. The SMILES string of the molecule is CSC1Cc2cc3cc(c2)C(SC)Cc2cc(cc1c2)OCCCCCCCO3. The molecule has 3 aliphatic rings. The molecule has 2 atom stereocenters. The molecule has 0 N–H and O–H groups in total. The Hall–Kier alpha value is -1.26. The summed E-state index contributed by atoms with van der Waals surface area (Å²) in [6, 6.07) is 13.9. The van der Waals surface area contributed by atoms with Gasteiger partial charge in [-0.3, -0.25) is 0 Å². The standard InChI is InChI=1S/C25H32O2S2/c1-28-24-14-18-11-21-17-23(12-18)27-9-7-5-3-4-6-8-26-22-13-19(10-20(24)16-22)15-25(21)29-2/h10-13,16-17,24-25H,3-9,14-15H2,1-2H3. The number of benzene rings is 2. The van der Waals surface area contributed by atoms with Gasteiger partial charge in [-0.05, 0) is 84.7 Å². The Balaban J connectivity index is 1.78. The molecule has 6 bridgehead atoms. The Kier molecular flexibility index (Phi) is 7.36. The smallest absolute Gasteiger partial charge is 0.119 e. The molecular formula is C25H32O2S2. The van der Waals surface area contributed by atoms with E-state index in [-0.39, 0.29) is 0 Å². The first kappa shape index (κ1) is 21.0. The molecule has 2 aliphatic heterocycles. The fourth-order valence-electron chi connectivity index (χ4n) is 4.36. The van der Waals surface area contributed by atoms with E-state index in [2.05, 4.69) is 48.9 Å². The largest absolute Gasteiger partial charge is 0.494 e. The lowest BCUT2D eigenvalue weighted by atomic mass is 9.94. The van der Waals surface area contributed by atoms with Crippen LogP contribution in [0.1, 0.15) is 64.9 Å². The van der Waals surface area contributed by atoms with E-state index in [9.17, 15) is 0 Å². The van der Waals surface area contributed by atoms with Gasteiger partial charge in [0.15, 0.2) is 0 Å². The second-order valence-corrected chi connectivity index (χ2v) is 10.2. The maximum atomic E-state index is 6.22. The fourth-order valence-corrected chi connectivity index (χ4v) is 5.90. The zero-order valence-corrected chi connectivity index (χ0v) is 19.2. The van der Waals surface area contributed by atoms with Crippen molar-refractivity contribution in [2.75, 3.05) is 25.7 Å². The predicted molar refractivity (Wildman–Crippen MR) is 127 cm³/mol. The van der Waals surface area contributed by atoms with Crippen LogP contribution >= 0.6 is 23.5 Å². The molecule has 4 heteroatoms. The van der Waals surface area contributed by atoms with Gasteiger partial charge in [0.25, 0.3) is 0 Å². The fraction of sp³-hybridized carbons (Fsp3) is 0.520. The van der Waals surface area contributed by atoms with Crippen molar-refractivity contribution >= 4 is 23.5 Å². The molecule has 0 spiro atoms.